The fraction of sp³-hybridized carbons (Fsp3) is 0.688. The summed E-state index contributed by atoms with van der Waals surface area (Å²) >= 11 is 0. The lowest BCUT2D eigenvalue weighted by atomic mass is 10.3. The number of amides is 1. The van der Waals surface area contributed by atoms with Crippen LogP contribution in [0, 0.1) is 0 Å². The summed E-state index contributed by atoms with van der Waals surface area (Å²) in [5.41, 5.74) is 0.795. The predicted octanol–water partition coefficient (Wildman–Crippen LogP) is -0.930. The second-order valence-electron chi connectivity index (χ2n) is 6.64. The Balaban J connectivity index is 1.61. The summed E-state index contributed by atoms with van der Waals surface area (Å²) in [6.07, 6.45) is 4.18. The quantitative estimate of drug-likeness (QED) is 0.509. The Kier molecular flexibility index (Phi) is 6.00. The van der Waals surface area contributed by atoms with Gasteiger partial charge >= 0.3 is 0 Å². The van der Waals surface area contributed by atoms with E-state index in [1.807, 2.05) is 25.1 Å². The van der Waals surface area contributed by atoms with Crippen molar-refractivity contribution in [2.45, 2.75) is 13.3 Å². The van der Waals surface area contributed by atoms with Crippen LogP contribution in [0.25, 0.3) is 0 Å². The van der Waals surface area contributed by atoms with Crippen LogP contribution in [0.3, 0.4) is 0 Å². The van der Waals surface area contributed by atoms with E-state index in [1.165, 1.54) is 4.31 Å². The van der Waals surface area contributed by atoms with Crippen LogP contribution in [0.2, 0.25) is 0 Å². The molecule has 1 amide bonds. The number of hydrogen-bond donors (Lipinski definition) is 1. The number of piperazine rings is 1. The van der Waals surface area contributed by atoms with Gasteiger partial charge in [0.2, 0.25) is 15.9 Å². The summed E-state index contributed by atoms with van der Waals surface area (Å²) in [6, 6.07) is 0. The lowest BCUT2D eigenvalue weighted by Gasteiger charge is -2.35. The minimum absolute atomic E-state index is 0.0121. The van der Waals surface area contributed by atoms with E-state index in [2.05, 4.69) is 15.4 Å². The SMILES string of the molecule is CCNC(=NCCN1CCCS1(=O)=O)N1CCN(c2cnn(C)c2)C(=O)C1. The molecule has 0 aromatic carbocycles. The van der Waals surface area contributed by atoms with E-state index < -0.39 is 10.0 Å². The number of rotatable bonds is 5. The Morgan fingerprint density at radius 3 is 2.74 bits per heavy atom. The molecule has 1 aromatic rings. The summed E-state index contributed by atoms with van der Waals surface area (Å²) in [5, 5.41) is 7.32. The normalized spacial score (nSPS) is 21.1. The Bertz CT molecular complexity index is 805. The lowest BCUT2D eigenvalue weighted by Crippen LogP contribution is -2.55. The van der Waals surface area contributed by atoms with Gasteiger partial charge in [-0.25, -0.2) is 12.7 Å². The van der Waals surface area contributed by atoms with Gasteiger partial charge in [-0.2, -0.15) is 5.10 Å². The van der Waals surface area contributed by atoms with Crippen molar-refractivity contribution in [3.63, 3.8) is 0 Å². The number of aliphatic imine (C=N–C) groups is 1. The molecule has 0 aliphatic carbocycles. The van der Waals surface area contributed by atoms with Crippen molar-refractivity contribution in [3.05, 3.63) is 12.4 Å². The molecule has 2 saturated heterocycles. The first-order valence-electron chi connectivity index (χ1n) is 9.21. The Morgan fingerprint density at radius 2 is 2.15 bits per heavy atom. The average Bonchev–Trinajstić information content (AvgIpc) is 3.19. The van der Waals surface area contributed by atoms with E-state index in [0.717, 1.165) is 5.69 Å². The van der Waals surface area contributed by atoms with Crippen LogP contribution in [0.15, 0.2) is 17.4 Å². The van der Waals surface area contributed by atoms with E-state index in [9.17, 15) is 13.2 Å². The molecule has 0 radical (unpaired) electrons. The van der Waals surface area contributed by atoms with Crippen molar-refractivity contribution in [2.24, 2.45) is 12.0 Å². The Morgan fingerprint density at radius 1 is 1.33 bits per heavy atom. The first kappa shape index (κ1) is 19.6. The topological polar surface area (TPSA) is 103 Å². The van der Waals surface area contributed by atoms with Gasteiger partial charge < -0.3 is 15.1 Å². The number of sulfonamides is 1. The van der Waals surface area contributed by atoms with Crippen LogP contribution in [0.4, 0.5) is 5.69 Å². The first-order chi connectivity index (χ1) is 12.9. The molecular weight excluding hydrogens is 370 g/mol. The van der Waals surface area contributed by atoms with Gasteiger partial charge in [-0.3, -0.25) is 14.5 Å². The third-order valence-electron chi connectivity index (χ3n) is 4.67. The summed E-state index contributed by atoms with van der Waals surface area (Å²) in [7, 11) is -1.29. The van der Waals surface area contributed by atoms with Crippen LogP contribution in [0.5, 0.6) is 0 Å². The van der Waals surface area contributed by atoms with Gasteiger partial charge in [0.25, 0.3) is 0 Å². The molecule has 1 aromatic heterocycles. The number of nitrogens with zero attached hydrogens (tertiary/aromatic N) is 6. The van der Waals surface area contributed by atoms with Gasteiger partial charge in [-0.1, -0.05) is 0 Å². The van der Waals surface area contributed by atoms with E-state index >= 15 is 0 Å². The molecule has 0 atom stereocenters. The summed E-state index contributed by atoms with van der Waals surface area (Å²) < 4.78 is 26.9. The maximum Gasteiger partial charge on any atom is 0.246 e. The van der Waals surface area contributed by atoms with Crippen LogP contribution < -0.4 is 10.2 Å². The van der Waals surface area contributed by atoms with Crippen molar-refractivity contribution in [3.8, 4) is 0 Å². The van der Waals surface area contributed by atoms with Crippen LogP contribution in [-0.4, -0.2) is 90.8 Å². The van der Waals surface area contributed by atoms with Crippen LogP contribution in [0.1, 0.15) is 13.3 Å². The number of nitrogens with one attached hydrogen (secondary N) is 1. The van der Waals surface area contributed by atoms with E-state index in [1.54, 1.807) is 15.8 Å². The second-order valence-corrected chi connectivity index (χ2v) is 8.73. The van der Waals surface area contributed by atoms with Gasteiger partial charge in [0, 0.05) is 46.0 Å². The molecule has 0 bridgehead atoms. The van der Waals surface area contributed by atoms with Crippen molar-refractivity contribution >= 4 is 27.6 Å². The molecule has 0 spiro atoms. The zero-order valence-electron chi connectivity index (χ0n) is 15.8. The van der Waals surface area contributed by atoms with Gasteiger partial charge in [-0.15, -0.1) is 0 Å². The largest absolute Gasteiger partial charge is 0.357 e. The highest BCUT2D eigenvalue weighted by Crippen LogP contribution is 2.16. The van der Waals surface area contributed by atoms with Crippen molar-refractivity contribution in [2.75, 3.05) is 56.5 Å². The van der Waals surface area contributed by atoms with Gasteiger partial charge in [0.15, 0.2) is 5.96 Å². The highest BCUT2D eigenvalue weighted by atomic mass is 32.2. The van der Waals surface area contributed by atoms with Gasteiger partial charge in [0.1, 0.15) is 6.54 Å². The fourth-order valence-corrected chi connectivity index (χ4v) is 4.83. The molecule has 3 heterocycles. The summed E-state index contributed by atoms with van der Waals surface area (Å²) in [6.45, 7) is 5.38. The average molecular weight is 398 g/mol. The van der Waals surface area contributed by atoms with Crippen LogP contribution in [-0.2, 0) is 21.9 Å². The Labute approximate surface area is 159 Å². The number of guanidine groups is 1. The molecule has 0 unspecified atom stereocenters. The van der Waals surface area contributed by atoms with Gasteiger partial charge in [0.05, 0.1) is 24.2 Å². The van der Waals surface area contributed by atoms with Gasteiger partial charge in [-0.05, 0) is 13.3 Å². The second kappa shape index (κ2) is 8.26. The highest BCUT2D eigenvalue weighted by molar-refractivity contribution is 7.89. The van der Waals surface area contributed by atoms with Crippen molar-refractivity contribution in [1.29, 1.82) is 0 Å². The predicted molar refractivity (Wildman–Crippen MR) is 103 cm³/mol. The maximum atomic E-state index is 12.6. The number of aryl methyl sites for hydroxylation is 1. The number of carbonyl (C=O) groups excluding carboxylic acids is 1. The molecule has 11 heteroatoms. The minimum atomic E-state index is -3.11. The molecule has 2 aliphatic rings. The third-order valence-corrected chi connectivity index (χ3v) is 6.63. The smallest absolute Gasteiger partial charge is 0.246 e. The minimum Gasteiger partial charge on any atom is -0.357 e. The summed E-state index contributed by atoms with van der Waals surface area (Å²) in [5.74, 6) is 0.858. The molecule has 10 nitrogen and oxygen atoms in total. The molecule has 27 heavy (non-hydrogen) atoms. The third kappa shape index (κ3) is 4.59. The molecule has 0 saturated carbocycles. The lowest BCUT2D eigenvalue weighted by molar-refractivity contribution is -0.120. The molecular formula is C16H27N7O3S. The fourth-order valence-electron chi connectivity index (χ4n) is 3.31. The van der Waals surface area contributed by atoms with Crippen molar-refractivity contribution < 1.29 is 13.2 Å². The molecule has 2 fully saturated rings. The van der Waals surface area contributed by atoms with E-state index in [-0.39, 0.29) is 18.2 Å². The molecule has 3 rings (SSSR count). The number of hydrogen-bond acceptors (Lipinski definition) is 5. The van der Waals surface area contributed by atoms with Crippen LogP contribution >= 0.6 is 0 Å². The van der Waals surface area contributed by atoms with Crippen molar-refractivity contribution in [1.82, 2.24) is 24.3 Å². The standard InChI is InChI=1S/C16H27N7O3S/c1-3-17-16(18-5-7-22-6-4-10-27(22,25)26)21-8-9-23(15(24)13-21)14-11-19-20(2)12-14/h11-12H,3-10,13H2,1-2H3,(H,17,18). The number of carbonyl (C=O) groups is 1. The number of anilines is 1. The summed E-state index contributed by atoms with van der Waals surface area (Å²) in [4.78, 5) is 20.7. The monoisotopic (exact) mass is 397 g/mol. The number of aromatic nitrogens is 2. The molecule has 150 valence electrons. The molecule has 1 N–H and O–H groups in total. The molecule has 2 aliphatic heterocycles. The maximum absolute atomic E-state index is 12.6. The zero-order chi connectivity index (χ0) is 19.4. The van der Waals surface area contributed by atoms with E-state index in [4.69, 9.17) is 0 Å². The van der Waals surface area contributed by atoms with E-state index in [0.29, 0.717) is 51.6 Å². The Hall–Kier alpha value is -2.14. The zero-order valence-corrected chi connectivity index (χ0v) is 16.7. The first-order valence-corrected chi connectivity index (χ1v) is 10.8. The highest BCUT2D eigenvalue weighted by Gasteiger charge is 2.29.